The summed E-state index contributed by atoms with van der Waals surface area (Å²) in [7, 11) is 0. The van der Waals surface area contributed by atoms with Crippen LogP contribution >= 0.6 is 23.2 Å². The maximum absolute atomic E-state index is 11.9. The largest absolute Gasteiger partial charge is 0.348 e. The molecule has 1 aromatic heterocycles. The summed E-state index contributed by atoms with van der Waals surface area (Å²) < 4.78 is 0. The minimum Gasteiger partial charge on any atom is -0.348 e. The molecule has 5 heteroatoms. The zero-order chi connectivity index (χ0) is 13.0. The molecule has 1 heterocycles. The first kappa shape index (κ1) is 12.9. The highest BCUT2D eigenvalue weighted by Crippen LogP contribution is 2.20. The monoisotopic (exact) mass is 281 g/mol. The summed E-state index contributed by atoms with van der Waals surface area (Å²) in [6, 6.07) is 8.58. The van der Waals surface area contributed by atoms with Crippen LogP contribution in [0.4, 0.5) is 0 Å². The predicted molar refractivity (Wildman–Crippen MR) is 70.6 cm³/mol. The van der Waals surface area contributed by atoms with Gasteiger partial charge in [0.1, 0.15) is 0 Å². The van der Waals surface area contributed by atoms with E-state index in [4.69, 9.17) is 23.2 Å². The lowest BCUT2D eigenvalue weighted by Crippen LogP contribution is -2.23. The summed E-state index contributed by atoms with van der Waals surface area (Å²) in [5, 5.41) is 3.64. The Balaban J connectivity index is 2.04. The van der Waals surface area contributed by atoms with E-state index in [9.17, 15) is 4.79 Å². The van der Waals surface area contributed by atoms with Gasteiger partial charge in [-0.25, -0.2) is 4.98 Å². The van der Waals surface area contributed by atoms with Crippen molar-refractivity contribution in [1.29, 1.82) is 0 Å². The van der Waals surface area contributed by atoms with Crippen molar-refractivity contribution < 1.29 is 9.78 Å². The molecule has 0 spiro atoms. The van der Waals surface area contributed by atoms with Gasteiger partial charge in [0.25, 0.3) is 5.91 Å². The highest BCUT2D eigenvalue weighted by molar-refractivity contribution is 6.36. The molecular formula is C13H11Cl2N2O+. The third kappa shape index (κ3) is 3.22. The fraction of sp³-hybridized carbons (Fsp3) is 0.0769. The highest BCUT2D eigenvalue weighted by atomic mass is 35.5. The summed E-state index contributed by atoms with van der Waals surface area (Å²) in [5.41, 5.74) is 1.40. The third-order valence-electron chi connectivity index (χ3n) is 2.40. The Morgan fingerprint density at radius 3 is 2.78 bits per heavy atom. The molecule has 0 radical (unpaired) electrons. The van der Waals surface area contributed by atoms with Gasteiger partial charge in [0.05, 0.1) is 10.6 Å². The molecule has 0 bridgehead atoms. The van der Waals surface area contributed by atoms with Crippen molar-refractivity contribution in [3.8, 4) is 0 Å². The van der Waals surface area contributed by atoms with Crippen LogP contribution in [0.25, 0.3) is 0 Å². The maximum atomic E-state index is 11.9. The van der Waals surface area contributed by atoms with Crippen LogP contribution in [-0.2, 0) is 6.54 Å². The van der Waals surface area contributed by atoms with Gasteiger partial charge >= 0.3 is 0 Å². The molecule has 0 aliphatic rings. The number of aromatic nitrogens is 1. The van der Waals surface area contributed by atoms with Crippen molar-refractivity contribution in [3.63, 3.8) is 0 Å². The average molecular weight is 282 g/mol. The molecule has 0 aliphatic heterocycles. The third-order valence-corrected chi connectivity index (χ3v) is 2.95. The number of pyridine rings is 1. The van der Waals surface area contributed by atoms with Gasteiger partial charge in [-0.3, -0.25) is 4.79 Å². The molecule has 0 saturated heterocycles. The van der Waals surface area contributed by atoms with Gasteiger partial charge in [0, 0.05) is 23.2 Å². The van der Waals surface area contributed by atoms with Crippen molar-refractivity contribution >= 4 is 29.1 Å². The highest BCUT2D eigenvalue weighted by Gasteiger charge is 2.10. The Hall–Kier alpha value is -1.58. The number of amides is 1. The summed E-state index contributed by atoms with van der Waals surface area (Å²) >= 11 is 11.7. The molecule has 0 unspecified atom stereocenters. The first-order chi connectivity index (χ1) is 8.66. The van der Waals surface area contributed by atoms with Gasteiger partial charge in [-0.2, -0.15) is 0 Å². The van der Waals surface area contributed by atoms with Crippen molar-refractivity contribution in [2.24, 2.45) is 0 Å². The smallest absolute Gasteiger partial charge is 0.253 e. The lowest BCUT2D eigenvalue weighted by molar-refractivity contribution is -0.378. The maximum Gasteiger partial charge on any atom is 0.253 e. The van der Waals surface area contributed by atoms with Gasteiger partial charge in [0.15, 0.2) is 12.4 Å². The number of carbonyl (C=O) groups is 1. The van der Waals surface area contributed by atoms with E-state index in [0.29, 0.717) is 22.2 Å². The number of benzene rings is 1. The Morgan fingerprint density at radius 2 is 2.11 bits per heavy atom. The molecule has 2 aromatic rings. The quantitative estimate of drug-likeness (QED) is 0.924. The molecule has 2 N–H and O–H groups in total. The van der Waals surface area contributed by atoms with Crippen LogP contribution < -0.4 is 10.3 Å². The van der Waals surface area contributed by atoms with Crippen molar-refractivity contribution in [2.75, 3.05) is 0 Å². The molecule has 18 heavy (non-hydrogen) atoms. The van der Waals surface area contributed by atoms with Crippen LogP contribution in [-0.4, -0.2) is 5.91 Å². The minimum atomic E-state index is -0.222. The second-order valence-electron chi connectivity index (χ2n) is 3.72. The zero-order valence-corrected chi connectivity index (χ0v) is 10.9. The topological polar surface area (TPSA) is 43.2 Å². The van der Waals surface area contributed by atoms with Crippen molar-refractivity contribution in [3.05, 3.63) is 63.9 Å². The zero-order valence-electron chi connectivity index (χ0n) is 9.41. The standard InChI is InChI=1S/C13H10Cl2N2O/c14-10-3-4-11(12(15)6-10)13(18)17-8-9-2-1-5-16-7-9/h1-7H,8H2,(H,17,18)/p+1. The normalized spacial score (nSPS) is 10.1. The molecule has 2 rings (SSSR count). The van der Waals surface area contributed by atoms with Gasteiger partial charge in [0.2, 0.25) is 0 Å². The van der Waals surface area contributed by atoms with E-state index >= 15 is 0 Å². The Morgan fingerprint density at radius 1 is 1.28 bits per heavy atom. The molecule has 0 saturated carbocycles. The first-order valence-electron chi connectivity index (χ1n) is 5.35. The number of nitrogens with one attached hydrogen (secondary N) is 2. The Bertz CT molecular complexity index is 558. The van der Waals surface area contributed by atoms with E-state index in [1.54, 1.807) is 24.4 Å². The molecule has 0 fully saturated rings. The predicted octanol–water partition coefficient (Wildman–Crippen LogP) is 2.74. The van der Waals surface area contributed by atoms with Crippen molar-refractivity contribution in [1.82, 2.24) is 5.32 Å². The van der Waals surface area contributed by atoms with Crippen molar-refractivity contribution in [2.45, 2.75) is 6.54 Å². The average Bonchev–Trinajstić information content (AvgIpc) is 2.37. The van der Waals surface area contributed by atoms with Crippen LogP contribution in [0.2, 0.25) is 10.0 Å². The molecular weight excluding hydrogens is 271 g/mol. The SMILES string of the molecule is O=C(NCc1ccc[nH+]c1)c1ccc(Cl)cc1Cl. The van der Waals surface area contributed by atoms with Crippen LogP contribution in [0.1, 0.15) is 15.9 Å². The van der Waals surface area contributed by atoms with E-state index in [1.165, 1.54) is 0 Å². The summed E-state index contributed by atoms with van der Waals surface area (Å²) in [6.07, 6.45) is 3.63. The molecule has 0 atom stereocenters. The Labute approximate surface area is 115 Å². The fourth-order valence-electron chi connectivity index (χ4n) is 1.49. The molecule has 3 nitrogen and oxygen atoms in total. The lowest BCUT2D eigenvalue weighted by atomic mass is 10.2. The van der Waals surface area contributed by atoms with Gasteiger partial charge in [-0.1, -0.05) is 23.2 Å². The fourth-order valence-corrected chi connectivity index (χ4v) is 1.99. The second-order valence-corrected chi connectivity index (χ2v) is 4.56. The number of aromatic amines is 1. The number of hydrogen-bond acceptors (Lipinski definition) is 1. The molecule has 0 aliphatic carbocycles. The number of H-pyrrole nitrogens is 1. The summed E-state index contributed by atoms with van der Waals surface area (Å²) in [6.45, 7) is 0.440. The van der Waals surface area contributed by atoms with E-state index in [-0.39, 0.29) is 5.91 Å². The summed E-state index contributed by atoms with van der Waals surface area (Å²) in [4.78, 5) is 14.8. The van der Waals surface area contributed by atoms with Crippen LogP contribution in [0.3, 0.4) is 0 Å². The first-order valence-corrected chi connectivity index (χ1v) is 6.10. The van der Waals surface area contributed by atoms with E-state index in [1.807, 2.05) is 18.3 Å². The minimum absolute atomic E-state index is 0.222. The number of halogens is 2. The van der Waals surface area contributed by atoms with Crippen LogP contribution in [0, 0.1) is 0 Å². The number of carbonyl (C=O) groups excluding carboxylic acids is 1. The van der Waals surface area contributed by atoms with E-state index in [0.717, 1.165) is 5.56 Å². The number of rotatable bonds is 3. The molecule has 92 valence electrons. The van der Waals surface area contributed by atoms with Gasteiger partial charge in [-0.05, 0) is 24.3 Å². The summed E-state index contributed by atoms with van der Waals surface area (Å²) in [5.74, 6) is -0.222. The lowest BCUT2D eigenvalue weighted by Gasteiger charge is -2.06. The second kappa shape index (κ2) is 5.85. The van der Waals surface area contributed by atoms with E-state index < -0.39 is 0 Å². The van der Waals surface area contributed by atoms with Gasteiger partial charge < -0.3 is 5.32 Å². The van der Waals surface area contributed by atoms with Gasteiger partial charge in [-0.15, -0.1) is 0 Å². The Kier molecular flexibility index (Phi) is 4.18. The van der Waals surface area contributed by atoms with E-state index in [2.05, 4.69) is 10.3 Å². The number of hydrogen-bond donors (Lipinski definition) is 1. The molecule has 1 amide bonds. The molecule has 1 aromatic carbocycles. The van der Waals surface area contributed by atoms with Crippen LogP contribution in [0.15, 0.2) is 42.7 Å². The van der Waals surface area contributed by atoms with Crippen LogP contribution in [0.5, 0.6) is 0 Å².